The summed E-state index contributed by atoms with van der Waals surface area (Å²) in [5.74, 6) is 0.851. The Hall–Kier alpha value is -1.55. The van der Waals surface area contributed by atoms with Crippen LogP contribution in [-0.2, 0) is 11.2 Å². The lowest BCUT2D eigenvalue weighted by Crippen LogP contribution is -2.50. The van der Waals surface area contributed by atoms with Crippen LogP contribution in [0.5, 0.6) is 5.75 Å². The molecule has 1 aliphatic carbocycles. The molecule has 4 N–H and O–H groups in total. The summed E-state index contributed by atoms with van der Waals surface area (Å²) in [5, 5.41) is 12.1. The Balaban J connectivity index is 1.81. The molecular formula is C14H20N2O2. The van der Waals surface area contributed by atoms with Gasteiger partial charge in [0.05, 0.1) is 6.04 Å². The summed E-state index contributed by atoms with van der Waals surface area (Å²) in [7, 11) is 0. The van der Waals surface area contributed by atoms with Crippen molar-refractivity contribution in [2.24, 2.45) is 11.7 Å². The first-order valence-electron chi connectivity index (χ1n) is 6.38. The summed E-state index contributed by atoms with van der Waals surface area (Å²) in [6, 6.07) is 6.56. The number of phenolic OH excluding ortho intramolecular Hbond substituents is 1. The molecule has 0 saturated heterocycles. The fourth-order valence-corrected chi connectivity index (χ4v) is 2.31. The number of aromatic hydroxyl groups is 1. The molecule has 1 amide bonds. The van der Waals surface area contributed by atoms with Gasteiger partial charge in [0.25, 0.3) is 0 Å². The molecule has 1 saturated carbocycles. The quantitative estimate of drug-likeness (QED) is 0.749. The lowest BCUT2D eigenvalue weighted by molar-refractivity contribution is -0.123. The first kappa shape index (κ1) is 12.9. The third-order valence-electron chi connectivity index (χ3n) is 3.45. The number of rotatable bonds is 4. The third-order valence-corrected chi connectivity index (χ3v) is 3.45. The largest absolute Gasteiger partial charge is 0.508 e. The normalized spacial score (nSPS) is 24.1. The van der Waals surface area contributed by atoms with Gasteiger partial charge in [-0.05, 0) is 42.9 Å². The van der Waals surface area contributed by atoms with Crippen molar-refractivity contribution >= 4 is 5.91 Å². The molecular weight excluding hydrogens is 228 g/mol. The van der Waals surface area contributed by atoms with Gasteiger partial charge in [-0.25, -0.2) is 0 Å². The highest BCUT2D eigenvalue weighted by Gasteiger charge is 2.28. The summed E-state index contributed by atoms with van der Waals surface area (Å²) in [6.45, 7) is 2.18. The Morgan fingerprint density at radius 1 is 1.44 bits per heavy atom. The van der Waals surface area contributed by atoms with Crippen LogP contribution in [0.25, 0.3) is 0 Å². The molecule has 1 fully saturated rings. The van der Waals surface area contributed by atoms with Gasteiger partial charge in [0.1, 0.15) is 5.75 Å². The molecule has 0 radical (unpaired) electrons. The van der Waals surface area contributed by atoms with E-state index in [2.05, 4.69) is 12.2 Å². The molecule has 1 aromatic carbocycles. The fraction of sp³-hybridized carbons (Fsp3) is 0.500. The number of benzene rings is 1. The molecule has 1 aromatic rings. The Morgan fingerprint density at radius 3 is 2.61 bits per heavy atom. The minimum Gasteiger partial charge on any atom is -0.508 e. The summed E-state index contributed by atoms with van der Waals surface area (Å²) in [5.41, 5.74) is 6.83. The summed E-state index contributed by atoms with van der Waals surface area (Å²) in [4.78, 5) is 11.8. The smallest absolute Gasteiger partial charge is 0.237 e. The second kappa shape index (κ2) is 5.40. The van der Waals surface area contributed by atoms with Crippen molar-refractivity contribution < 1.29 is 9.90 Å². The van der Waals surface area contributed by atoms with E-state index in [0.717, 1.165) is 18.4 Å². The third kappa shape index (κ3) is 3.23. The average molecular weight is 248 g/mol. The van der Waals surface area contributed by atoms with Crippen LogP contribution in [0.1, 0.15) is 25.3 Å². The maximum atomic E-state index is 11.8. The molecule has 0 bridgehead atoms. The maximum absolute atomic E-state index is 11.8. The van der Waals surface area contributed by atoms with Crippen LogP contribution in [0.4, 0.5) is 0 Å². The Bertz CT molecular complexity index is 410. The van der Waals surface area contributed by atoms with Crippen molar-refractivity contribution in [3.63, 3.8) is 0 Å². The van der Waals surface area contributed by atoms with Gasteiger partial charge in [0, 0.05) is 6.04 Å². The summed E-state index contributed by atoms with van der Waals surface area (Å²) >= 11 is 0. The first-order chi connectivity index (χ1) is 8.54. The number of nitrogens with two attached hydrogens (primary N) is 1. The van der Waals surface area contributed by atoms with E-state index in [1.54, 1.807) is 24.3 Å². The zero-order valence-electron chi connectivity index (χ0n) is 10.6. The van der Waals surface area contributed by atoms with Crippen LogP contribution in [-0.4, -0.2) is 23.1 Å². The fourth-order valence-electron chi connectivity index (χ4n) is 2.31. The lowest BCUT2D eigenvalue weighted by Gasteiger charge is -2.34. The molecule has 2 rings (SSSR count). The summed E-state index contributed by atoms with van der Waals surface area (Å²) < 4.78 is 0. The molecule has 0 unspecified atom stereocenters. The average Bonchev–Trinajstić information content (AvgIpc) is 2.30. The molecule has 4 nitrogen and oxygen atoms in total. The van der Waals surface area contributed by atoms with Crippen LogP contribution in [0.2, 0.25) is 0 Å². The van der Waals surface area contributed by atoms with Crippen LogP contribution in [0.15, 0.2) is 24.3 Å². The van der Waals surface area contributed by atoms with Gasteiger partial charge >= 0.3 is 0 Å². The first-order valence-corrected chi connectivity index (χ1v) is 6.38. The monoisotopic (exact) mass is 248 g/mol. The molecule has 0 aliphatic heterocycles. The SMILES string of the molecule is CC1CC(NC(=O)[C@H](N)Cc2ccc(O)cc2)C1. The predicted octanol–water partition coefficient (Wildman–Crippen LogP) is 1.18. The number of hydrogen-bond donors (Lipinski definition) is 3. The molecule has 0 aromatic heterocycles. The molecule has 1 atom stereocenters. The number of amides is 1. The van der Waals surface area contributed by atoms with Gasteiger partial charge in [-0.1, -0.05) is 19.1 Å². The number of phenols is 1. The van der Waals surface area contributed by atoms with E-state index < -0.39 is 6.04 Å². The van der Waals surface area contributed by atoms with Gasteiger partial charge in [0.15, 0.2) is 0 Å². The van der Waals surface area contributed by atoms with E-state index in [1.165, 1.54) is 0 Å². The van der Waals surface area contributed by atoms with Crippen molar-refractivity contribution in [2.75, 3.05) is 0 Å². The van der Waals surface area contributed by atoms with E-state index in [0.29, 0.717) is 18.4 Å². The Kier molecular flexibility index (Phi) is 3.87. The van der Waals surface area contributed by atoms with Crippen LogP contribution >= 0.6 is 0 Å². The van der Waals surface area contributed by atoms with Crippen molar-refractivity contribution in [1.82, 2.24) is 5.32 Å². The molecule has 1 aliphatic rings. The summed E-state index contributed by atoms with van der Waals surface area (Å²) in [6.07, 6.45) is 2.60. The Morgan fingerprint density at radius 2 is 2.06 bits per heavy atom. The van der Waals surface area contributed by atoms with Crippen LogP contribution in [0, 0.1) is 5.92 Å². The number of nitrogens with one attached hydrogen (secondary N) is 1. The lowest BCUT2D eigenvalue weighted by atomic mass is 9.82. The van der Waals surface area contributed by atoms with Gasteiger partial charge < -0.3 is 16.2 Å². The van der Waals surface area contributed by atoms with E-state index in [-0.39, 0.29) is 11.7 Å². The van der Waals surface area contributed by atoms with Crippen LogP contribution < -0.4 is 11.1 Å². The maximum Gasteiger partial charge on any atom is 0.237 e. The standard InChI is InChI=1S/C14H20N2O2/c1-9-6-11(7-9)16-14(18)13(15)8-10-2-4-12(17)5-3-10/h2-5,9,11,13,17H,6-8,15H2,1H3,(H,16,18)/t9?,11?,13-/m1/s1. The van der Waals surface area contributed by atoms with Crippen molar-refractivity contribution in [3.05, 3.63) is 29.8 Å². The van der Waals surface area contributed by atoms with E-state index in [4.69, 9.17) is 5.73 Å². The van der Waals surface area contributed by atoms with Gasteiger partial charge in [-0.15, -0.1) is 0 Å². The van der Waals surface area contributed by atoms with E-state index >= 15 is 0 Å². The van der Waals surface area contributed by atoms with Crippen molar-refractivity contribution in [3.8, 4) is 5.75 Å². The minimum atomic E-state index is -0.523. The second-order valence-electron chi connectivity index (χ2n) is 5.26. The molecule has 4 heteroatoms. The zero-order valence-corrected chi connectivity index (χ0v) is 10.6. The highest BCUT2D eigenvalue weighted by atomic mass is 16.3. The molecule has 98 valence electrons. The van der Waals surface area contributed by atoms with Crippen molar-refractivity contribution in [2.45, 2.75) is 38.3 Å². The van der Waals surface area contributed by atoms with Crippen molar-refractivity contribution in [1.29, 1.82) is 0 Å². The number of carbonyl (C=O) groups is 1. The van der Waals surface area contributed by atoms with E-state index in [9.17, 15) is 9.90 Å². The van der Waals surface area contributed by atoms with Crippen LogP contribution in [0.3, 0.4) is 0 Å². The molecule has 0 heterocycles. The number of carbonyl (C=O) groups excluding carboxylic acids is 1. The predicted molar refractivity (Wildman–Crippen MR) is 70.1 cm³/mol. The number of hydrogen-bond acceptors (Lipinski definition) is 3. The second-order valence-corrected chi connectivity index (χ2v) is 5.26. The highest BCUT2D eigenvalue weighted by molar-refractivity contribution is 5.82. The van der Waals surface area contributed by atoms with Gasteiger partial charge in [0.2, 0.25) is 5.91 Å². The molecule has 0 spiro atoms. The molecule has 18 heavy (non-hydrogen) atoms. The topological polar surface area (TPSA) is 75.4 Å². The van der Waals surface area contributed by atoms with Gasteiger partial charge in [-0.2, -0.15) is 0 Å². The minimum absolute atomic E-state index is 0.0834. The van der Waals surface area contributed by atoms with Gasteiger partial charge in [-0.3, -0.25) is 4.79 Å². The highest BCUT2D eigenvalue weighted by Crippen LogP contribution is 2.26. The van der Waals surface area contributed by atoms with E-state index in [1.807, 2.05) is 0 Å². The Labute approximate surface area is 107 Å². The zero-order chi connectivity index (χ0) is 13.1.